The zero-order chi connectivity index (χ0) is 12.7. The van der Waals surface area contributed by atoms with Gasteiger partial charge in [-0.25, -0.2) is 0 Å². The summed E-state index contributed by atoms with van der Waals surface area (Å²) in [6.45, 7) is 3.89. The number of rotatable bonds is 5. The first-order valence-corrected chi connectivity index (χ1v) is 5.59. The van der Waals surface area contributed by atoms with Crippen molar-refractivity contribution in [1.82, 2.24) is 5.32 Å². The summed E-state index contributed by atoms with van der Waals surface area (Å²) in [5, 5.41) is 2.63. The summed E-state index contributed by atoms with van der Waals surface area (Å²) >= 11 is 0. The summed E-state index contributed by atoms with van der Waals surface area (Å²) in [5.74, 6) is 0.201. The van der Waals surface area contributed by atoms with Crippen molar-refractivity contribution in [3.05, 3.63) is 29.8 Å². The van der Waals surface area contributed by atoms with E-state index in [1.54, 1.807) is 6.07 Å². The van der Waals surface area contributed by atoms with Gasteiger partial charge in [-0.1, -0.05) is 12.1 Å². The van der Waals surface area contributed by atoms with E-state index in [4.69, 9.17) is 4.74 Å². The Bertz CT molecular complexity index is 401. The molecule has 0 aliphatic heterocycles. The summed E-state index contributed by atoms with van der Waals surface area (Å²) in [6.07, 6.45) is 0.887. The SMILES string of the molecule is CC(=O)NCCCC(=O)Oc1cccc(C)c1. The molecule has 17 heavy (non-hydrogen) atoms. The van der Waals surface area contributed by atoms with E-state index in [2.05, 4.69) is 5.32 Å². The van der Waals surface area contributed by atoms with Crippen molar-refractivity contribution >= 4 is 11.9 Å². The lowest BCUT2D eigenvalue weighted by atomic mass is 10.2. The fourth-order valence-corrected chi connectivity index (χ4v) is 1.36. The molecule has 0 heterocycles. The highest BCUT2D eigenvalue weighted by Crippen LogP contribution is 2.13. The molecular formula is C13H17NO3. The molecule has 0 fully saturated rings. The summed E-state index contributed by atoms with van der Waals surface area (Å²) in [7, 11) is 0. The van der Waals surface area contributed by atoms with Gasteiger partial charge in [0.2, 0.25) is 5.91 Å². The van der Waals surface area contributed by atoms with E-state index in [0.717, 1.165) is 5.56 Å². The number of ether oxygens (including phenoxy) is 1. The molecule has 4 nitrogen and oxygen atoms in total. The van der Waals surface area contributed by atoms with Crippen molar-refractivity contribution in [3.8, 4) is 5.75 Å². The maximum absolute atomic E-state index is 11.4. The highest BCUT2D eigenvalue weighted by molar-refractivity contribution is 5.73. The molecule has 1 rings (SSSR count). The number of hydrogen-bond donors (Lipinski definition) is 1. The maximum Gasteiger partial charge on any atom is 0.311 e. The van der Waals surface area contributed by atoms with Crippen LogP contribution in [0.1, 0.15) is 25.3 Å². The standard InChI is InChI=1S/C13H17NO3/c1-10-5-3-6-12(9-10)17-13(16)7-4-8-14-11(2)15/h3,5-6,9H,4,7-8H2,1-2H3,(H,14,15). The van der Waals surface area contributed by atoms with Gasteiger partial charge < -0.3 is 10.1 Å². The Morgan fingerprint density at radius 3 is 2.76 bits per heavy atom. The minimum atomic E-state index is -0.277. The summed E-state index contributed by atoms with van der Waals surface area (Å²) < 4.78 is 5.15. The van der Waals surface area contributed by atoms with Crippen LogP contribution in [0.2, 0.25) is 0 Å². The van der Waals surface area contributed by atoms with Gasteiger partial charge in [0.1, 0.15) is 5.75 Å². The third kappa shape index (κ3) is 5.70. The molecule has 1 aromatic carbocycles. The second kappa shape index (κ2) is 6.68. The Balaban J connectivity index is 2.27. The highest BCUT2D eigenvalue weighted by Gasteiger charge is 2.04. The second-order valence-corrected chi connectivity index (χ2v) is 3.88. The topological polar surface area (TPSA) is 55.4 Å². The van der Waals surface area contributed by atoms with Gasteiger partial charge in [-0.15, -0.1) is 0 Å². The Hall–Kier alpha value is -1.84. The normalized spacial score (nSPS) is 9.76. The van der Waals surface area contributed by atoms with Crippen molar-refractivity contribution < 1.29 is 14.3 Å². The van der Waals surface area contributed by atoms with Gasteiger partial charge in [0.25, 0.3) is 0 Å². The fourth-order valence-electron chi connectivity index (χ4n) is 1.36. The number of esters is 1. The van der Waals surface area contributed by atoms with E-state index in [0.29, 0.717) is 25.1 Å². The Labute approximate surface area is 101 Å². The van der Waals surface area contributed by atoms with Crippen molar-refractivity contribution in [2.45, 2.75) is 26.7 Å². The minimum absolute atomic E-state index is 0.0861. The molecule has 4 heteroatoms. The van der Waals surface area contributed by atoms with Crippen molar-refractivity contribution in [1.29, 1.82) is 0 Å². The molecule has 0 aliphatic rings. The molecule has 0 aromatic heterocycles. The van der Waals surface area contributed by atoms with Gasteiger partial charge in [-0.2, -0.15) is 0 Å². The maximum atomic E-state index is 11.4. The van der Waals surface area contributed by atoms with Crippen molar-refractivity contribution in [3.63, 3.8) is 0 Å². The number of carbonyl (C=O) groups excluding carboxylic acids is 2. The zero-order valence-electron chi connectivity index (χ0n) is 10.2. The molecule has 0 saturated heterocycles. The van der Waals surface area contributed by atoms with E-state index < -0.39 is 0 Å². The zero-order valence-corrected chi connectivity index (χ0v) is 10.2. The highest BCUT2D eigenvalue weighted by atomic mass is 16.5. The van der Waals surface area contributed by atoms with Crippen molar-refractivity contribution in [2.24, 2.45) is 0 Å². The first-order chi connectivity index (χ1) is 8.08. The lowest BCUT2D eigenvalue weighted by molar-refractivity contribution is -0.134. The Morgan fingerprint density at radius 1 is 1.35 bits per heavy atom. The van der Waals surface area contributed by atoms with Crippen LogP contribution in [0.3, 0.4) is 0 Å². The van der Waals surface area contributed by atoms with E-state index in [9.17, 15) is 9.59 Å². The summed E-state index contributed by atoms with van der Waals surface area (Å²) in [6, 6.07) is 7.34. The van der Waals surface area contributed by atoms with Gasteiger partial charge in [0.05, 0.1) is 0 Å². The quantitative estimate of drug-likeness (QED) is 0.481. The molecule has 0 aliphatic carbocycles. The number of benzene rings is 1. The van der Waals surface area contributed by atoms with Gasteiger partial charge in [0, 0.05) is 19.9 Å². The third-order valence-corrected chi connectivity index (χ3v) is 2.15. The molecule has 0 spiro atoms. The Morgan fingerprint density at radius 2 is 2.12 bits per heavy atom. The number of hydrogen-bond acceptors (Lipinski definition) is 3. The Kier molecular flexibility index (Phi) is 5.20. The van der Waals surface area contributed by atoms with Crippen LogP contribution in [0.4, 0.5) is 0 Å². The van der Waals surface area contributed by atoms with Crippen LogP contribution in [-0.2, 0) is 9.59 Å². The van der Waals surface area contributed by atoms with E-state index in [-0.39, 0.29) is 11.9 Å². The third-order valence-electron chi connectivity index (χ3n) is 2.15. The molecule has 0 unspecified atom stereocenters. The molecular weight excluding hydrogens is 218 g/mol. The van der Waals surface area contributed by atoms with Crippen LogP contribution in [0.25, 0.3) is 0 Å². The molecule has 0 saturated carbocycles. The van der Waals surface area contributed by atoms with Gasteiger partial charge in [-0.3, -0.25) is 9.59 Å². The minimum Gasteiger partial charge on any atom is -0.427 e. The molecule has 0 atom stereocenters. The molecule has 0 bridgehead atoms. The fraction of sp³-hybridized carbons (Fsp3) is 0.385. The van der Waals surface area contributed by atoms with Crippen LogP contribution in [0.5, 0.6) is 5.75 Å². The number of nitrogens with one attached hydrogen (secondary N) is 1. The smallest absolute Gasteiger partial charge is 0.311 e. The number of amides is 1. The predicted octanol–water partition coefficient (Wildman–Crippen LogP) is 1.82. The van der Waals surface area contributed by atoms with E-state index >= 15 is 0 Å². The number of aryl methyl sites for hydroxylation is 1. The van der Waals surface area contributed by atoms with Crippen LogP contribution in [-0.4, -0.2) is 18.4 Å². The van der Waals surface area contributed by atoms with Gasteiger partial charge in [0.15, 0.2) is 0 Å². The molecule has 1 N–H and O–H groups in total. The average Bonchev–Trinajstić information content (AvgIpc) is 2.24. The van der Waals surface area contributed by atoms with Crippen molar-refractivity contribution in [2.75, 3.05) is 6.54 Å². The summed E-state index contributed by atoms with van der Waals surface area (Å²) in [4.78, 5) is 22.0. The van der Waals surface area contributed by atoms with E-state index in [1.165, 1.54) is 6.92 Å². The van der Waals surface area contributed by atoms with E-state index in [1.807, 2.05) is 25.1 Å². The largest absolute Gasteiger partial charge is 0.427 e. The monoisotopic (exact) mass is 235 g/mol. The molecule has 1 aromatic rings. The predicted molar refractivity (Wildman–Crippen MR) is 64.7 cm³/mol. The van der Waals surface area contributed by atoms with Crippen LogP contribution < -0.4 is 10.1 Å². The van der Waals surface area contributed by atoms with Gasteiger partial charge in [-0.05, 0) is 31.0 Å². The molecule has 92 valence electrons. The van der Waals surface area contributed by atoms with Gasteiger partial charge >= 0.3 is 5.97 Å². The first kappa shape index (κ1) is 13.2. The van der Waals surface area contributed by atoms with Crippen LogP contribution in [0, 0.1) is 6.92 Å². The molecule has 0 radical (unpaired) electrons. The lowest BCUT2D eigenvalue weighted by Crippen LogP contribution is -2.22. The summed E-state index contributed by atoms with van der Waals surface area (Å²) in [5.41, 5.74) is 1.05. The average molecular weight is 235 g/mol. The second-order valence-electron chi connectivity index (χ2n) is 3.88. The van der Waals surface area contributed by atoms with Crippen LogP contribution >= 0.6 is 0 Å². The first-order valence-electron chi connectivity index (χ1n) is 5.59. The number of carbonyl (C=O) groups is 2. The lowest BCUT2D eigenvalue weighted by Gasteiger charge is -2.05. The van der Waals surface area contributed by atoms with Crippen LogP contribution in [0.15, 0.2) is 24.3 Å². The molecule has 1 amide bonds.